The molecule has 0 unspecified atom stereocenters. The number of alkyl halides is 3. The molecule has 0 aliphatic carbocycles. The number of likely N-dealkylation sites (tertiary alicyclic amines) is 1. The molecule has 0 aromatic heterocycles. The quantitative estimate of drug-likeness (QED) is 0.828. The van der Waals surface area contributed by atoms with Gasteiger partial charge in [0.2, 0.25) is 5.91 Å². The second-order valence-corrected chi connectivity index (χ2v) is 6.05. The fourth-order valence-corrected chi connectivity index (χ4v) is 2.24. The van der Waals surface area contributed by atoms with Gasteiger partial charge in [-0.15, -0.1) is 0 Å². The van der Waals surface area contributed by atoms with Gasteiger partial charge in [-0.3, -0.25) is 14.5 Å². The fourth-order valence-electron chi connectivity index (χ4n) is 2.24. The molecule has 1 aliphatic rings. The van der Waals surface area contributed by atoms with E-state index in [-0.39, 0.29) is 31.0 Å². The second kappa shape index (κ2) is 7.80. The minimum atomic E-state index is -4.80. The number of piperidine rings is 1. The van der Waals surface area contributed by atoms with Gasteiger partial charge in [-0.2, -0.15) is 13.2 Å². The minimum Gasteiger partial charge on any atom is -0.355 e. The summed E-state index contributed by atoms with van der Waals surface area (Å²) in [5.41, 5.74) is 0. The molecule has 2 amide bonds. The van der Waals surface area contributed by atoms with Crippen LogP contribution in [0.3, 0.4) is 0 Å². The Balaban J connectivity index is 2.29. The largest absolute Gasteiger partial charge is 0.471 e. The molecule has 0 aromatic carbocycles. The molecule has 128 valence electrons. The zero-order valence-corrected chi connectivity index (χ0v) is 13.2. The molecule has 0 bridgehead atoms. The van der Waals surface area contributed by atoms with Crippen LogP contribution in [0, 0.1) is 5.92 Å². The van der Waals surface area contributed by atoms with E-state index in [0.29, 0.717) is 25.9 Å². The van der Waals surface area contributed by atoms with E-state index in [4.69, 9.17) is 0 Å². The van der Waals surface area contributed by atoms with Crippen molar-refractivity contribution >= 4 is 11.8 Å². The number of carbonyl (C=O) groups is 2. The van der Waals surface area contributed by atoms with Crippen molar-refractivity contribution in [1.82, 2.24) is 15.1 Å². The molecule has 0 atom stereocenters. The van der Waals surface area contributed by atoms with E-state index >= 15 is 0 Å². The second-order valence-electron chi connectivity index (χ2n) is 6.05. The fraction of sp³-hybridized carbons (Fsp3) is 0.857. The summed E-state index contributed by atoms with van der Waals surface area (Å²) in [5.74, 6) is -1.75. The summed E-state index contributed by atoms with van der Waals surface area (Å²) in [6, 6.07) is 0.266. The highest BCUT2D eigenvalue weighted by Crippen LogP contribution is 2.23. The molecule has 1 saturated heterocycles. The molecule has 1 N–H and O–H groups in total. The molecule has 0 spiro atoms. The molecule has 22 heavy (non-hydrogen) atoms. The molecule has 0 aromatic rings. The van der Waals surface area contributed by atoms with Crippen molar-refractivity contribution in [3.63, 3.8) is 0 Å². The lowest BCUT2D eigenvalue weighted by Gasteiger charge is -2.32. The van der Waals surface area contributed by atoms with Crippen molar-refractivity contribution in [1.29, 1.82) is 0 Å². The lowest BCUT2D eigenvalue weighted by atomic mass is 9.96. The maximum absolute atomic E-state index is 12.3. The lowest BCUT2D eigenvalue weighted by Crippen LogP contribution is -2.47. The lowest BCUT2D eigenvalue weighted by molar-refractivity contribution is -0.186. The molecular formula is C14H24F3N3O2. The van der Waals surface area contributed by atoms with Gasteiger partial charge in [0, 0.05) is 25.7 Å². The number of rotatable bonds is 5. The summed E-state index contributed by atoms with van der Waals surface area (Å²) in [6.45, 7) is 4.89. The van der Waals surface area contributed by atoms with Crippen molar-refractivity contribution in [3.05, 3.63) is 0 Å². The van der Waals surface area contributed by atoms with Gasteiger partial charge in [0.25, 0.3) is 0 Å². The van der Waals surface area contributed by atoms with Crippen LogP contribution >= 0.6 is 0 Å². The van der Waals surface area contributed by atoms with E-state index in [2.05, 4.69) is 5.32 Å². The number of halogens is 3. The number of carbonyl (C=O) groups excluding carboxylic acids is 2. The number of hydrogen-bond donors (Lipinski definition) is 1. The normalized spacial score (nSPS) is 17.2. The average Bonchev–Trinajstić information content (AvgIpc) is 2.43. The topological polar surface area (TPSA) is 52.7 Å². The molecule has 0 saturated carbocycles. The van der Waals surface area contributed by atoms with Gasteiger partial charge in [-0.25, -0.2) is 0 Å². The summed E-state index contributed by atoms with van der Waals surface area (Å²) in [6.07, 6.45) is -3.85. The van der Waals surface area contributed by atoms with Gasteiger partial charge in [0.15, 0.2) is 0 Å². The van der Waals surface area contributed by atoms with Crippen molar-refractivity contribution in [2.45, 2.75) is 38.9 Å². The van der Waals surface area contributed by atoms with E-state index in [9.17, 15) is 22.8 Å². The summed E-state index contributed by atoms with van der Waals surface area (Å²) < 4.78 is 37.0. The summed E-state index contributed by atoms with van der Waals surface area (Å²) >= 11 is 0. The third-order valence-electron chi connectivity index (χ3n) is 4.01. The SMILES string of the molecule is CC(C)N(C)CC(=O)NCC1CCN(C(=O)C(F)(F)F)CC1. The number of nitrogens with zero attached hydrogens (tertiary/aromatic N) is 2. The molecule has 0 radical (unpaired) electrons. The predicted molar refractivity (Wildman–Crippen MR) is 76.1 cm³/mol. The van der Waals surface area contributed by atoms with Crippen LogP contribution in [-0.2, 0) is 9.59 Å². The monoisotopic (exact) mass is 323 g/mol. The molecule has 1 fully saturated rings. The van der Waals surface area contributed by atoms with Crippen molar-refractivity contribution < 1.29 is 22.8 Å². The average molecular weight is 323 g/mol. The molecular weight excluding hydrogens is 299 g/mol. The van der Waals surface area contributed by atoms with Gasteiger partial charge < -0.3 is 10.2 Å². The summed E-state index contributed by atoms with van der Waals surface area (Å²) in [7, 11) is 1.85. The van der Waals surface area contributed by atoms with Crippen LogP contribution < -0.4 is 5.32 Å². The van der Waals surface area contributed by atoms with Crippen LogP contribution in [-0.4, -0.2) is 67.1 Å². The standard InChI is InChI=1S/C14H24F3N3O2/c1-10(2)19(3)9-12(21)18-8-11-4-6-20(7-5-11)13(22)14(15,16)17/h10-11H,4-9H2,1-3H3,(H,18,21). The first-order chi connectivity index (χ1) is 10.1. The van der Waals surface area contributed by atoms with E-state index in [0.717, 1.165) is 4.90 Å². The summed E-state index contributed by atoms with van der Waals surface area (Å²) in [4.78, 5) is 25.6. The summed E-state index contributed by atoms with van der Waals surface area (Å²) in [5, 5.41) is 2.81. The Hall–Kier alpha value is -1.31. The Kier molecular flexibility index (Phi) is 6.65. The van der Waals surface area contributed by atoms with Crippen molar-refractivity contribution in [2.24, 2.45) is 5.92 Å². The Morgan fingerprint density at radius 3 is 2.27 bits per heavy atom. The molecule has 1 aliphatic heterocycles. The smallest absolute Gasteiger partial charge is 0.355 e. The van der Waals surface area contributed by atoms with Crippen LogP contribution in [0.15, 0.2) is 0 Å². The number of nitrogens with one attached hydrogen (secondary N) is 1. The molecule has 1 heterocycles. The van der Waals surface area contributed by atoms with Crippen LogP contribution in [0.4, 0.5) is 13.2 Å². The van der Waals surface area contributed by atoms with Crippen LogP contribution in [0.25, 0.3) is 0 Å². The van der Waals surface area contributed by atoms with Crippen molar-refractivity contribution in [2.75, 3.05) is 33.2 Å². The van der Waals surface area contributed by atoms with Crippen molar-refractivity contribution in [3.8, 4) is 0 Å². The molecule has 1 rings (SSSR count). The minimum absolute atomic E-state index is 0.0881. The maximum atomic E-state index is 12.3. The zero-order valence-electron chi connectivity index (χ0n) is 13.2. The van der Waals surface area contributed by atoms with Crippen LogP contribution in [0.5, 0.6) is 0 Å². The Morgan fingerprint density at radius 2 is 1.82 bits per heavy atom. The first-order valence-electron chi connectivity index (χ1n) is 7.44. The third kappa shape index (κ3) is 5.82. The highest BCUT2D eigenvalue weighted by Gasteiger charge is 2.43. The van der Waals surface area contributed by atoms with E-state index in [1.54, 1.807) is 0 Å². The zero-order chi connectivity index (χ0) is 16.9. The first-order valence-corrected chi connectivity index (χ1v) is 7.44. The van der Waals surface area contributed by atoms with Gasteiger partial charge >= 0.3 is 12.1 Å². The van der Waals surface area contributed by atoms with Crippen LogP contribution in [0.1, 0.15) is 26.7 Å². The van der Waals surface area contributed by atoms with Gasteiger partial charge in [0.1, 0.15) is 0 Å². The van der Waals surface area contributed by atoms with Gasteiger partial charge in [-0.05, 0) is 39.7 Å². The molecule has 8 heteroatoms. The number of hydrogen-bond acceptors (Lipinski definition) is 3. The van der Waals surface area contributed by atoms with Gasteiger partial charge in [0.05, 0.1) is 6.54 Å². The third-order valence-corrected chi connectivity index (χ3v) is 4.01. The van der Waals surface area contributed by atoms with E-state index in [1.165, 1.54) is 0 Å². The molecule has 5 nitrogen and oxygen atoms in total. The van der Waals surface area contributed by atoms with Crippen LogP contribution in [0.2, 0.25) is 0 Å². The highest BCUT2D eigenvalue weighted by atomic mass is 19.4. The Labute approximate surface area is 128 Å². The predicted octanol–water partition coefficient (Wildman–Crippen LogP) is 1.24. The van der Waals surface area contributed by atoms with Gasteiger partial charge in [-0.1, -0.05) is 0 Å². The first kappa shape index (κ1) is 18.7. The number of amides is 2. The Morgan fingerprint density at radius 1 is 1.27 bits per heavy atom. The maximum Gasteiger partial charge on any atom is 0.471 e. The number of likely N-dealkylation sites (N-methyl/N-ethyl adjacent to an activating group) is 1. The Bertz CT molecular complexity index is 391. The van der Waals surface area contributed by atoms with E-state index in [1.807, 2.05) is 25.8 Å². The van der Waals surface area contributed by atoms with E-state index < -0.39 is 12.1 Å². The highest BCUT2D eigenvalue weighted by molar-refractivity contribution is 5.82.